The SMILES string of the molecule is COc1cc(C(=O)O)ccc1NC(=O)CCC1CCCC1. The van der Waals surface area contributed by atoms with Crippen LogP contribution in [0.3, 0.4) is 0 Å². The fourth-order valence-corrected chi connectivity index (χ4v) is 2.77. The molecule has 114 valence electrons. The maximum atomic E-state index is 12.0. The number of carboxylic acids is 1. The molecule has 1 saturated carbocycles. The summed E-state index contributed by atoms with van der Waals surface area (Å²) < 4.78 is 5.14. The van der Waals surface area contributed by atoms with E-state index in [0.29, 0.717) is 23.8 Å². The summed E-state index contributed by atoms with van der Waals surface area (Å²) in [6.45, 7) is 0. The highest BCUT2D eigenvalue weighted by Crippen LogP contribution is 2.29. The van der Waals surface area contributed by atoms with Gasteiger partial charge in [-0.05, 0) is 30.5 Å². The van der Waals surface area contributed by atoms with Crippen molar-refractivity contribution in [2.75, 3.05) is 12.4 Å². The van der Waals surface area contributed by atoms with Crippen molar-refractivity contribution in [2.45, 2.75) is 38.5 Å². The number of anilines is 1. The Morgan fingerprint density at radius 3 is 2.67 bits per heavy atom. The first-order valence-corrected chi connectivity index (χ1v) is 7.31. The minimum atomic E-state index is -1.02. The van der Waals surface area contributed by atoms with E-state index in [1.807, 2.05) is 0 Å². The lowest BCUT2D eigenvalue weighted by Crippen LogP contribution is -2.13. The molecule has 0 aromatic heterocycles. The molecule has 2 N–H and O–H groups in total. The van der Waals surface area contributed by atoms with Crippen LogP contribution in [-0.2, 0) is 4.79 Å². The summed E-state index contributed by atoms with van der Waals surface area (Å²) in [5.74, 6) is -0.0353. The Bertz CT molecular complexity index is 521. The second kappa shape index (κ2) is 7.11. The number of amides is 1. The molecule has 5 nitrogen and oxygen atoms in total. The van der Waals surface area contributed by atoms with Gasteiger partial charge in [-0.25, -0.2) is 4.79 Å². The lowest BCUT2D eigenvalue weighted by molar-refractivity contribution is -0.116. The summed E-state index contributed by atoms with van der Waals surface area (Å²) in [5.41, 5.74) is 0.648. The Morgan fingerprint density at radius 2 is 2.05 bits per heavy atom. The van der Waals surface area contributed by atoms with Gasteiger partial charge in [0.15, 0.2) is 0 Å². The van der Waals surface area contributed by atoms with Crippen LogP contribution in [-0.4, -0.2) is 24.1 Å². The fraction of sp³-hybridized carbons (Fsp3) is 0.500. The first-order chi connectivity index (χ1) is 10.1. The Hall–Kier alpha value is -2.04. The number of carboxylic acid groups (broad SMARTS) is 1. The molecule has 1 aliphatic rings. The van der Waals surface area contributed by atoms with E-state index in [4.69, 9.17) is 9.84 Å². The summed E-state index contributed by atoms with van der Waals surface area (Å²) in [6.07, 6.45) is 6.41. The molecule has 1 aliphatic carbocycles. The van der Waals surface area contributed by atoms with E-state index < -0.39 is 5.97 Å². The van der Waals surface area contributed by atoms with Gasteiger partial charge in [0.25, 0.3) is 0 Å². The van der Waals surface area contributed by atoms with E-state index in [0.717, 1.165) is 6.42 Å². The summed E-state index contributed by atoms with van der Waals surface area (Å²) in [6, 6.07) is 4.43. The van der Waals surface area contributed by atoms with Crippen molar-refractivity contribution < 1.29 is 19.4 Å². The molecule has 0 aliphatic heterocycles. The Kier molecular flexibility index (Phi) is 5.20. The third-order valence-electron chi connectivity index (χ3n) is 3.98. The van der Waals surface area contributed by atoms with Crippen LogP contribution in [0.15, 0.2) is 18.2 Å². The third kappa shape index (κ3) is 4.21. The first kappa shape index (κ1) is 15.4. The molecule has 2 rings (SSSR count). The number of nitrogens with one attached hydrogen (secondary N) is 1. The summed E-state index contributed by atoms with van der Waals surface area (Å²) >= 11 is 0. The molecule has 0 spiro atoms. The predicted molar refractivity (Wildman–Crippen MR) is 79.8 cm³/mol. The number of hydrogen-bond donors (Lipinski definition) is 2. The molecule has 21 heavy (non-hydrogen) atoms. The van der Waals surface area contributed by atoms with E-state index >= 15 is 0 Å². The molecule has 0 radical (unpaired) electrons. The number of benzene rings is 1. The van der Waals surface area contributed by atoms with E-state index in [1.54, 1.807) is 6.07 Å². The largest absolute Gasteiger partial charge is 0.495 e. The van der Waals surface area contributed by atoms with Gasteiger partial charge in [0.2, 0.25) is 5.91 Å². The second-order valence-corrected chi connectivity index (χ2v) is 5.46. The standard InChI is InChI=1S/C16H21NO4/c1-21-14-10-12(16(19)20)7-8-13(14)17-15(18)9-6-11-4-2-3-5-11/h7-8,10-11H,2-6,9H2,1H3,(H,17,18)(H,19,20). The van der Waals surface area contributed by atoms with Gasteiger partial charge in [-0.2, -0.15) is 0 Å². The van der Waals surface area contributed by atoms with Gasteiger partial charge < -0.3 is 15.2 Å². The number of methoxy groups -OCH3 is 1. The quantitative estimate of drug-likeness (QED) is 0.843. The van der Waals surface area contributed by atoms with Crippen LogP contribution in [0.4, 0.5) is 5.69 Å². The minimum absolute atomic E-state index is 0.0525. The molecule has 0 heterocycles. The van der Waals surface area contributed by atoms with Crippen LogP contribution in [0.2, 0.25) is 0 Å². The monoisotopic (exact) mass is 291 g/mol. The van der Waals surface area contributed by atoms with Crippen LogP contribution in [0, 0.1) is 5.92 Å². The number of hydrogen-bond acceptors (Lipinski definition) is 3. The molecule has 1 fully saturated rings. The fourth-order valence-electron chi connectivity index (χ4n) is 2.77. The smallest absolute Gasteiger partial charge is 0.335 e. The Labute approximate surface area is 124 Å². The van der Waals surface area contributed by atoms with Crippen molar-refractivity contribution in [1.29, 1.82) is 0 Å². The van der Waals surface area contributed by atoms with Crippen molar-refractivity contribution in [3.8, 4) is 5.75 Å². The van der Waals surface area contributed by atoms with Crippen molar-refractivity contribution in [3.63, 3.8) is 0 Å². The van der Waals surface area contributed by atoms with Gasteiger partial charge in [0.05, 0.1) is 18.4 Å². The van der Waals surface area contributed by atoms with Gasteiger partial charge in [0, 0.05) is 6.42 Å². The second-order valence-electron chi connectivity index (χ2n) is 5.46. The van der Waals surface area contributed by atoms with Crippen LogP contribution in [0.25, 0.3) is 0 Å². The molecule has 1 aromatic carbocycles. The maximum Gasteiger partial charge on any atom is 0.335 e. The van der Waals surface area contributed by atoms with E-state index in [-0.39, 0.29) is 11.5 Å². The highest BCUT2D eigenvalue weighted by molar-refractivity contribution is 5.94. The lowest BCUT2D eigenvalue weighted by Gasteiger charge is -2.12. The number of ether oxygens (including phenoxy) is 1. The van der Waals surface area contributed by atoms with E-state index in [9.17, 15) is 9.59 Å². The van der Waals surface area contributed by atoms with Crippen molar-refractivity contribution in [1.82, 2.24) is 0 Å². The molecule has 0 saturated heterocycles. The first-order valence-electron chi connectivity index (χ1n) is 7.31. The van der Waals surface area contributed by atoms with E-state index in [1.165, 1.54) is 44.9 Å². The highest BCUT2D eigenvalue weighted by Gasteiger charge is 2.17. The number of carbonyl (C=O) groups is 2. The number of aromatic carboxylic acids is 1. The lowest BCUT2D eigenvalue weighted by atomic mass is 10.0. The predicted octanol–water partition coefficient (Wildman–Crippen LogP) is 3.30. The van der Waals surface area contributed by atoms with Crippen LogP contribution < -0.4 is 10.1 Å². The summed E-state index contributed by atoms with van der Waals surface area (Å²) in [4.78, 5) is 22.9. The van der Waals surface area contributed by atoms with Crippen molar-refractivity contribution >= 4 is 17.6 Å². The third-order valence-corrected chi connectivity index (χ3v) is 3.98. The Balaban J connectivity index is 1.94. The average Bonchev–Trinajstić information content (AvgIpc) is 2.98. The van der Waals surface area contributed by atoms with Crippen LogP contribution in [0.1, 0.15) is 48.9 Å². The number of rotatable bonds is 6. The zero-order chi connectivity index (χ0) is 15.2. The Morgan fingerprint density at radius 1 is 1.33 bits per heavy atom. The van der Waals surface area contributed by atoms with Gasteiger partial charge in [-0.15, -0.1) is 0 Å². The van der Waals surface area contributed by atoms with Crippen LogP contribution in [0.5, 0.6) is 5.75 Å². The molecular formula is C16H21NO4. The topological polar surface area (TPSA) is 75.6 Å². The van der Waals surface area contributed by atoms with Gasteiger partial charge in [-0.3, -0.25) is 4.79 Å². The summed E-state index contributed by atoms with van der Waals surface area (Å²) in [5, 5.41) is 11.7. The highest BCUT2D eigenvalue weighted by atomic mass is 16.5. The molecule has 0 atom stereocenters. The van der Waals surface area contributed by atoms with Gasteiger partial charge in [0.1, 0.15) is 5.75 Å². The van der Waals surface area contributed by atoms with Crippen molar-refractivity contribution in [3.05, 3.63) is 23.8 Å². The molecule has 0 unspecified atom stereocenters. The molecule has 5 heteroatoms. The molecule has 1 aromatic rings. The summed E-state index contributed by atoms with van der Waals surface area (Å²) in [7, 11) is 1.45. The number of carbonyl (C=O) groups excluding carboxylic acids is 1. The molecule has 0 bridgehead atoms. The maximum absolute atomic E-state index is 12.0. The molecular weight excluding hydrogens is 270 g/mol. The van der Waals surface area contributed by atoms with E-state index in [2.05, 4.69) is 5.32 Å². The molecule has 1 amide bonds. The normalized spacial score (nSPS) is 14.9. The average molecular weight is 291 g/mol. The van der Waals surface area contributed by atoms with Crippen LogP contribution >= 0.6 is 0 Å². The minimum Gasteiger partial charge on any atom is -0.495 e. The zero-order valence-electron chi connectivity index (χ0n) is 12.2. The zero-order valence-corrected chi connectivity index (χ0v) is 12.2. The van der Waals surface area contributed by atoms with Crippen molar-refractivity contribution in [2.24, 2.45) is 5.92 Å². The van der Waals surface area contributed by atoms with Gasteiger partial charge >= 0.3 is 5.97 Å². The van der Waals surface area contributed by atoms with Gasteiger partial charge in [-0.1, -0.05) is 25.7 Å².